The van der Waals surface area contributed by atoms with Crippen LogP contribution in [0.2, 0.25) is 0 Å². The van der Waals surface area contributed by atoms with E-state index >= 15 is 0 Å². The average molecular weight is 719 g/mol. The molecular weight excluding hydrogens is 673 g/mol. The molecule has 7 aromatic carbocycles. The van der Waals surface area contributed by atoms with Crippen molar-refractivity contribution in [2.45, 2.75) is 13.8 Å². The van der Waals surface area contributed by atoms with Gasteiger partial charge in [-0.2, -0.15) is 0 Å². The molecule has 0 aliphatic carbocycles. The number of aromatic nitrogens is 4. The van der Waals surface area contributed by atoms with Crippen LogP contribution < -0.4 is 9.30 Å². The van der Waals surface area contributed by atoms with Crippen LogP contribution in [0.3, 0.4) is 0 Å². The van der Waals surface area contributed by atoms with E-state index in [0.29, 0.717) is 28.2 Å². The molecule has 0 N–H and O–H groups in total. The van der Waals surface area contributed by atoms with Crippen molar-refractivity contribution in [3.63, 3.8) is 0 Å². The first-order valence-corrected chi connectivity index (χ1v) is 17.7. The van der Waals surface area contributed by atoms with E-state index in [0.717, 1.165) is 38.8 Å². The number of pyridine rings is 1. The smallest absolute Gasteiger partial charge is 0.269 e. The lowest BCUT2D eigenvalue weighted by Gasteiger charge is -2.17. The van der Waals surface area contributed by atoms with Crippen LogP contribution in [0.1, 0.15) is 24.8 Å². The van der Waals surface area contributed by atoms with Crippen molar-refractivity contribution >= 4 is 32.8 Å². The molecule has 0 aliphatic heterocycles. The molecular formula is C50H36N4O. The van der Waals surface area contributed by atoms with Gasteiger partial charge in [-0.1, -0.05) is 127 Å². The summed E-state index contributed by atoms with van der Waals surface area (Å²) in [4.78, 5) is 4.80. The molecule has 0 aliphatic rings. The molecule has 0 atom stereocenters. The first-order chi connectivity index (χ1) is 31.2. The molecule has 55 heavy (non-hydrogen) atoms. The summed E-state index contributed by atoms with van der Waals surface area (Å²) in [5, 5.41) is 2.13. The maximum atomic E-state index is 8.98. The van der Waals surface area contributed by atoms with E-state index in [1.807, 2.05) is 92.0 Å². The minimum Gasteiger partial charge on any atom is -0.458 e. The summed E-state index contributed by atoms with van der Waals surface area (Å²) in [6.45, 7) is 4.11. The van der Waals surface area contributed by atoms with Crippen molar-refractivity contribution in [1.82, 2.24) is 14.1 Å². The van der Waals surface area contributed by atoms with Crippen molar-refractivity contribution in [2.24, 2.45) is 0 Å². The SMILES string of the molecule is [2H]c1c([2H])c([2H])c(-c2cccc(-c3c([2H])c([2H])c([2H])c([2H])c3[2H])c2-[n+]2[c-]n(-c3cccc(Oc4ccc5c6ccccc6n(-c6cc(C)c(C)cn6)c5c4)c3)c3ccccc32)c([2H])c1[2H]. The fourth-order valence-corrected chi connectivity index (χ4v) is 7.19. The predicted octanol–water partition coefficient (Wildman–Crippen LogP) is 11.9. The number of ether oxygens (including phenoxy) is 1. The van der Waals surface area contributed by atoms with Crippen LogP contribution in [0.25, 0.3) is 72.3 Å². The second kappa shape index (κ2) is 13.3. The van der Waals surface area contributed by atoms with E-state index in [1.165, 1.54) is 0 Å². The number of hydrogen-bond acceptors (Lipinski definition) is 2. The summed E-state index contributed by atoms with van der Waals surface area (Å²) in [5.74, 6) is 1.91. The predicted molar refractivity (Wildman–Crippen MR) is 223 cm³/mol. The second-order valence-corrected chi connectivity index (χ2v) is 13.2. The molecule has 3 heterocycles. The zero-order chi connectivity index (χ0) is 45.6. The highest BCUT2D eigenvalue weighted by molar-refractivity contribution is 6.09. The van der Waals surface area contributed by atoms with Gasteiger partial charge >= 0.3 is 0 Å². The Morgan fingerprint density at radius 3 is 2.00 bits per heavy atom. The third-order valence-corrected chi connectivity index (χ3v) is 9.91. The Morgan fingerprint density at radius 2 is 1.25 bits per heavy atom. The number of benzene rings is 7. The van der Waals surface area contributed by atoms with Crippen LogP contribution >= 0.6 is 0 Å². The Balaban J connectivity index is 1.16. The topological polar surface area (TPSA) is 35.9 Å². The summed E-state index contributed by atoms with van der Waals surface area (Å²) in [5.41, 5.74) is 6.28. The number of fused-ring (bicyclic) bond motifs is 4. The number of imidazole rings is 1. The van der Waals surface area contributed by atoms with Gasteiger partial charge in [0, 0.05) is 23.0 Å². The lowest BCUT2D eigenvalue weighted by Crippen LogP contribution is -2.31. The zero-order valence-corrected chi connectivity index (χ0v) is 29.7. The molecule has 0 saturated carbocycles. The van der Waals surface area contributed by atoms with Gasteiger partial charge in [-0.3, -0.25) is 13.7 Å². The maximum Gasteiger partial charge on any atom is 0.269 e. The van der Waals surface area contributed by atoms with E-state index in [2.05, 4.69) is 36.0 Å². The van der Waals surface area contributed by atoms with Gasteiger partial charge in [0.05, 0.1) is 47.1 Å². The van der Waals surface area contributed by atoms with Crippen molar-refractivity contribution in [1.29, 1.82) is 0 Å². The summed E-state index contributed by atoms with van der Waals surface area (Å²) in [6.07, 6.45) is 5.31. The molecule has 0 fully saturated rings. The number of para-hydroxylation sites is 4. The Kier molecular flexibility index (Phi) is 5.67. The minimum absolute atomic E-state index is 0.127. The molecule has 10 rings (SSSR count). The van der Waals surface area contributed by atoms with Gasteiger partial charge in [-0.15, -0.1) is 0 Å². The lowest BCUT2D eigenvalue weighted by molar-refractivity contribution is -0.571. The Morgan fingerprint density at radius 1 is 0.600 bits per heavy atom. The van der Waals surface area contributed by atoms with Crippen molar-refractivity contribution < 1.29 is 23.0 Å². The first-order valence-electron chi connectivity index (χ1n) is 22.7. The van der Waals surface area contributed by atoms with Crippen LogP contribution in [-0.2, 0) is 0 Å². The second-order valence-electron chi connectivity index (χ2n) is 13.2. The van der Waals surface area contributed by atoms with E-state index in [4.69, 9.17) is 23.4 Å². The normalized spacial score (nSPS) is 14.0. The lowest BCUT2D eigenvalue weighted by atomic mass is 9.95. The Labute approximate surface area is 333 Å². The Bertz CT molecular complexity index is 3490. The molecule has 3 aromatic heterocycles. The van der Waals surface area contributed by atoms with E-state index in [-0.39, 0.29) is 27.9 Å². The highest BCUT2D eigenvalue weighted by Crippen LogP contribution is 2.37. The molecule has 262 valence electrons. The van der Waals surface area contributed by atoms with Crippen molar-refractivity contribution in [3.05, 3.63) is 199 Å². The number of rotatable bonds is 7. The van der Waals surface area contributed by atoms with Crippen LogP contribution in [0.15, 0.2) is 182 Å². The highest BCUT2D eigenvalue weighted by Gasteiger charge is 2.20. The minimum atomic E-state index is -0.564. The van der Waals surface area contributed by atoms with Gasteiger partial charge in [0.1, 0.15) is 17.3 Å². The van der Waals surface area contributed by atoms with Crippen LogP contribution in [0.5, 0.6) is 11.5 Å². The fraction of sp³-hybridized carbons (Fsp3) is 0.0400. The molecule has 0 saturated heterocycles. The van der Waals surface area contributed by atoms with Gasteiger partial charge in [0.25, 0.3) is 6.33 Å². The average Bonchev–Trinajstić information content (AvgIpc) is 3.86. The molecule has 5 heteroatoms. The Hall–Kier alpha value is -7.24. The van der Waals surface area contributed by atoms with Crippen molar-refractivity contribution in [3.8, 4) is 50.9 Å². The van der Waals surface area contributed by atoms with E-state index < -0.39 is 60.4 Å². The van der Waals surface area contributed by atoms with Gasteiger partial charge in [-0.05, 0) is 89.7 Å². The van der Waals surface area contributed by atoms with Gasteiger partial charge in [0.2, 0.25) is 0 Å². The summed E-state index contributed by atoms with van der Waals surface area (Å²) in [7, 11) is 0. The monoisotopic (exact) mass is 718 g/mol. The third-order valence-electron chi connectivity index (χ3n) is 9.91. The summed E-state index contributed by atoms with van der Waals surface area (Å²) in [6, 6.07) is 30.7. The maximum absolute atomic E-state index is 8.98. The summed E-state index contributed by atoms with van der Waals surface area (Å²) < 4.78 is 98.8. The molecule has 0 amide bonds. The standard InChI is InChI=1S/C50H36N4O/c1-34-29-49(51-32-35(34)2)54-45-24-10-9-21-43(45)44-28-27-40(31-48(44)54)55-39-20-13-19-38(30-39)52-33-53(47-26-12-11-25-46(47)52)50-41(36-15-5-3-6-16-36)22-14-23-42(50)37-17-7-4-8-18-37/h3-32H,1-2H3/i3D,4D,5D,6D,7D,8D,15D,16D,17D,18D. The summed E-state index contributed by atoms with van der Waals surface area (Å²) >= 11 is 0. The van der Waals surface area contributed by atoms with Gasteiger partial charge in [0.15, 0.2) is 0 Å². The number of aryl methyl sites for hydroxylation is 2. The molecule has 5 nitrogen and oxygen atoms in total. The molecule has 0 unspecified atom stereocenters. The number of nitrogens with zero attached hydrogens (tertiary/aromatic N) is 4. The van der Waals surface area contributed by atoms with Crippen LogP contribution in [-0.4, -0.2) is 14.1 Å². The van der Waals surface area contributed by atoms with E-state index in [9.17, 15) is 0 Å². The third kappa shape index (κ3) is 5.65. The van der Waals surface area contributed by atoms with Crippen LogP contribution in [0, 0.1) is 20.2 Å². The first kappa shape index (κ1) is 23.4. The molecule has 10 aromatic rings. The number of hydrogen-bond donors (Lipinski definition) is 0. The van der Waals surface area contributed by atoms with Crippen LogP contribution in [0.4, 0.5) is 0 Å². The fourth-order valence-electron chi connectivity index (χ4n) is 7.19. The van der Waals surface area contributed by atoms with Gasteiger partial charge < -0.3 is 4.74 Å². The van der Waals surface area contributed by atoms with Gasteiger partial charge in [-0.25, -0.2) is 4.98 Å². The molecule has 0 radical (unpaired) electrons. The van der Waals surface area contributed by atoms with E-state index in [1.54, 1.807) is 27.3 Å². The molecule has 0 bridgehead atoms. The quantitative estimate of drug-likeness (QED) is 0.121. The molecule has 0 spiro atoms. The largest absolute Gasteiger partial charge is 0.458 e. The highest BCUT2D eigenvalue weighted by atomic mass is 16.5. The van der Waals surface area contributed by atoms with Crippen molar-refractivity contribution in [2.75, 3.05) is 0 Å². The zero-order valence-electron chi connectivity index (χ0n) is 39.7.